The Labute approximate surface area is 149 Å². The number of guanidine groups is 1. The van der Waals surface area contributed by atoms with Crippen LogP contribution in [0, 0.1) is 0 Å². The van der Waals surface area contributed by atoms with Gasteiger partial charge in [0.1, 0.15) is 0 Å². The number of sulfone groups is 1. The van der Waals surface area contributed by atoms with Gasteiger partial charge in [-0.25, -0.2) is 8.42 Å². The molecule has 6 nitrogen and oxygen atoms in total. The predicted octanol–water partition coefficient (Wildman–Crippen LogP) is 1.79. The number of nitrogens with one attached hydrogen (secondary N) is 2. The molecular weight excluding hydrogens is 336 g/mol. The molecule has 1 aromatic heterocycles. The molecule has 0 saturated carbocycles. The third-order valence-corrected chi connectivity index (χ3v) is 7.35. The summed E-state index contributed by atoms with van der Waals surface area (Å²) in [4.78, 5) is 9.78. The predicted molar refractivity (Wildman–Crippen MR) is 103 cm³/mol. The van der Waals surface area contributed by atoms with Crippen molar-refractivity contribution in [3.63, 3.8) is 0 Å². The highest BCUT2D eigenvalue weighted by Gasteiger charge is 2.40. The number of aromatic amines is 1. The first-order valence-electron chi connectivity index (χ1n) is 8.57. The summed E-state index contributed by atoms with van der Waals surface area (Å²) in [5, 5.41) is 4.57. The van der Waals surface area contributed by atoms with Crippen LogP contribution >= 0.6 is 0 Å². The van der Waals surface area contributed by atoms with E-state index >= 15 is 0 Å². The quantitative estimate of drug-likeness (QED) is 0.645. The maximum atomic E-state index is 12.2. The number of hydrogen-bond acceptors (Lipinski definition) is 3. The molecule has 136 valence electrons. The largest absolute Gasteiger partial charge is 0.358 e. The van der Waals surface area contributed by atoms with E-state index in [-0.39, 0.29) is 5.75 Å². The second kappa shape index (κ2) is 6.71. The molecule has 0 aliphatic carbocycles. The zero-order chi connectivity index (χ0) is 18.1. The number of nitrogens with zero attached hydrogens (tertiary/aromatic N) is 2. The van der Waals surface area contributed by atoms with E-state index in [1.54, 1.807) is 20.9 Å². The molecule has 0 amide bonds. The van der Waals surface area contributed by atoms with Crippen LogP contribution in [-0.2, 0) is 16.3 Å². The van der Waals surface area contributed by atoms with Gasteiger partial charge in [0.05, 0.1) is 10.5 Å². The number of rotatable bonds is 3. The van der Waals surface area contributed by atoms with E-state index in [4.69, 9.17) is 0 Å². The van der Waals surface area contributed by atoms with Crippen LogP contribution in [0.5, 0.6) is 0 Å². The van der Waals surface area contributed by atoms with Crippen molar-refractivity contribution in [3.8, 4) is 0 Å². The van der Waals surface area contributed by atoms with Gasteiger partial charge in [-0.2, -0.15) is 0 Å². The lowest BCUT2D eigenvalue weighted by atomic mass is 10.2. The van der Waals surface area contributed by atoms with Gasteiger partial charge in [-0.1, -0.05) is 18.2 Å². The summed E-state index contributed by atoms with van der Waals surface area (Å²) >= 11 is 0. The number of fused-ring (bicyclic) bond motifs is 1. The van der Waals surface area contributed by atoms with Crippen molar-refractivity contribution < 1.29 is 8.42 Å². The summed E-state index contributed by atoms with van der Waals surface area (Å²) in [5.74, 6) is 0.932. The van der Waals surface area contributed by atoms with Gasteiger partial charge in [0, 0.05) is 44.3 Å². The van der Waals surface area contributed by atoms with Gasteiger partial charge < -0.3 is 15.2 Å². The number of aromatic nitrogens is 1. The van der Waals surface area contributed by atoms with E-state index in [1.807, 2.05) is 17.0 Å². The molecule has 0 unspecified atom stereocenters. The van der Waals surface area contributed by atoms with Crippen LogP contribution in [-0.4, -0.2) is 61.4 Å². The number of benzene rings is 1. The van der Waals surface area contributed by atoms with Crippen LogP contribution in [0.25, 0.3) is 10.9 Å². The first-order valence-corrected chi connectivity index (χ1v) is 10.2. The highest BCUT2D eigenvalue weighted by atomic mass is 32.2. The van der Waals surface area contributed by atoms with Crippen LogP contribution in [0.3, 0.4) is 0 Å². The molecule has 1 fully saturated rings. The molecule has 25 heavy (non-hydrogen) atoms. The smallest absolute Gasteiger partial charge is 0.193 e. The molecule has 1 aliphatic rings. The number of H-pyrrole nitrogens is 1. The lowest BCUT2D eigenvalue weighted by Crippen LogP contribution is -2.57. The van der Waals surface area contributed by atoms with Gasteiger partial charge >= 0.3 is 0 Å². The van der Waals surface area contributed by atoms with Crippen molar-refractivity contribution in [3.05, 3.63) is 36.0 Å². The van der Waals surface area contributed by atoms with E-state index in [9.17, 15) is 8.42 Å². The Balaban J connectivity index is 1.60. The van der Waals surface area contributed by atoms with Gasteiger partial charge in [-0.05, 0) is 31.4 Å². The Morgan fingerprint density at radius 1 is 1.36 bits per heavy atom. The van der Waals surface area contributed by atoms with E-state index in [0.717, 1.165) is 24.4 Å². The molecule has 7 heteroatoms. The van der Waals surface area contributed by atoms with Crippen molar-refractivity contribution in [1.29, 1.82) is 0 Å². The number of aliphatic imine (C=N–C) groups is 1. The number of para-hydroxylation sites is 1. The van der Waals surface area contributed by atoms with Crippen LogP contribution in [0.2, 0.25) is 0 Å². The summed E-state index contributed by atoms with van der Waals surface area (Å²) < 4.78 is 23.6. The van der Waals surface area contributed by atoms with E-state index < -0.39 is 14.6 Å². The van der Waals surface area contributed by atoms with Gasteiger partial charge in [0.15, 0.2) is 15.8 Å². The third kappa shape index (κ3) is 3.66. The lowest BCUT2D eigenvalue weighted by Gasteiger charge is -2.39. The SMILES string of the molecule is CN=C(NCCc1cc2ccccc2[nH]1)N1CCS(=O)(=O)C(C)(C)C1. The fraction of sp³-hybridized carbons (Fsp3) is 0.500. The van der Waals surface area contributed by atoms with E-state index in [0.29, 0.717) is 13.1 Å². The molecule has 0 atom stereocenters. The van der Waals surface area contributed by atoms with Gasteiger partial charge in [0.25, 0.3) is 0 Å². The van der Waals surface area contributed by atoms with Gasteiger partial charge in [-0.15, -0.1) is 0 Å². The normalized spacial score (nSPS) is 20.0. The number of hydrogen-bond donors (Lipinski definition) is 2. The molecule has 2 aromatic rings. The minimum Gasteiger partial charge on any atom is -0.358 e. The molecule has 0 bridgehead atoms. The first kappa shape index (κ1) is 17.8. The van der Waals surface area contributed by atoms with E-state index in [1.165, 1.54) is 11.1 Å². The van der Waals surface area contributed by atoms with Crippen molar-refractivity contribution in [2.45, 2.75) is 25.0 Å². The Hall–Kier alpha value is -2.02. The second-order valence-electron chi connectivity index (χ2n) is 7.11. The van der Waals surface area contributed by atoms with Gasteiger partial charge in [0.2, 0.25) is 0 Å². The second-order valence-corrected chi connectivity index (χ2v) is 9.85. The monoisotopic (exact) mass is 362 g/mol. The summed E-state index contributed by atoms with van der Waals surface area (Å²) in [5.41, 5.74) is 2.32. The van der Waals surface area contributed by atoms with Gasteiger partial charge in [-0.3, -0.25) is 4.99 Å². The maximum Gasteiger partial charge on any atom is 0.193 e. The van der Waals surface area contributed by atoms with Crippen molar-refractivity contribution in [2.24, 2.45) is 4.99 Å². The third-order valence-electron chi connectivity index (χ3n) is 4.82. The average molecular weight is 362 g/mol. The summed E-state index contributed by atoms with van der Waals surface area (Å²) in [7, 11) is -1.31. The molecule has 0 radical (unpaired) electrons. The zero-order valence-corrected chi connectivity index (χ0v) is 15.9. The van der Waals surface area contributed by atoms with Crippen molar-refractivity contribution in [1.82, 2.24) is 15.2 Å². The van der Waals surface area contributed by atoms with Crippen molar-refractivity contribution >= 4 is 26.7 Å². The van der Waals surface area contributed by atoms with Crippen LogP contribution < -0.4 is 5.32 Å². The molecule has 2 N–H and O–H groups in total. The molecule has 2 heterocycles. The minimum absolute atomic E-state index is 0.169. The highest BCUT2D eigenvalue weighted by Crippen LogP contribution is 2.23. The summed E-state index contributed by atoms with van der Waals surface area (Å²) in [6.07, 6.45) is 0.850. The molecule has 1 aromatic carbocycles. The highest BCUT2D eigenvalue weighted by molar-refractivity contribution is 7.92. The molecule has 1 aliphatic heterocycles. The van der Waals surface area contributed by atoms with Crippen molar-refractivity contribution in [2.75, 3.05) is 32.4 Å². The Morgan fingerprint density at radius 3 is 2.80 bits per heavy atom. The fourth-order valence-corrected chi connectivity index (χ4v) is 4.60. The standard InChI is InChI=1S/C18H26N4O2S/c1-18(2)13-22(10-11-25(18,23)24)17(19-3)20-9-8-15-12-14-6-4-5-7-16(14)21-15/h4-7,12,21H,8-11,13H2,1-3H3,(H,19,20). The maximum absolute atomic E-state index is 12.2. The Bertz CT molecular complexity index is 850. The van der Waals surface area contributed by atoms with E-state index in [2.05, 4.69) is 33.5 Å². The molecule has 1 saturated heterocycles. The minimum atomic E-state index is -3.04. The summed E-state index contributed by atoms with van der Waals surface area (Å²) in [6, 6.07) is 10.4. The summed E-state index contributed by atoms with van der Waals surface area (Å²) in [6.45, 7) is 5.25. The zero-order valence-electron chi connectivity index (χ0n) is 15.0. The average Bonchev–Trinajstić information content (AvgIpc) is 2.97. The first-order chi connectivity index (χ1) is 11.8. The molecule has 3 rings (SSSR count). The Morgan fingerprint density at radius 2 is 2.12 bits per heavy atom. The fourth-order valence-electron chi connectivity index (χ4n) is 3.23. The lowest BCUT2D eigenvalue weighted by molar-refractivity contribution is 0.353. The van der Waals surface area contributed by atoms with Crippen LogP contribution in [0.1, 0.15) is 19.5 Å². The topological polar surface area (TPSA) is 77.6 Å². The Kier molecular flexibility index (Phi) is 4.77. The van der Waals surface area contributed by atoms with Crippen LogP contribution in [0.4, 0.5) is 0 Å². The van der Waals surface area contributed by atoms with Crippen LogP contribution in [0.15, 0.2) is 35.3 Å². The molecular formula is C18H26N4O2S. The molecule has 0 spiro atoms.